The zero-order chi connectivity index (χ0) is 16.9. The summed E-state index contributed by atoms with van der Waals surface area (Å²) in [6.07, 6.45) is -0.895. The maximum Gasteiger partial charge on any atom is 0.308 e. The molecule has 1 aromatic carbocycles. The molecule has 0 amide bonds. The van der Waals surface area contributed by atoms with Crippen molar-refractivity contribution in [1.29, 1.82) is 5.26 Å². The lowest BCUT2D eigenvalue weighted by Gasteiger charge is -2.20. The molecule has 0 aliphatic heterocycles. The quantitative estimate of drug-likeness (QED) is 0.421. The summed E-state index contributed by atoms with van der Waals surface area (Å²) in [4.78, 5) is 34.7. The van der Waals surface area contributed by atoms with Crippen LogP contribution < -0.4 is 5.32 Å². The molecule has 1 saturated carbocycles. The van der Waals surface area contributed by atoms with E-state index in [0.29, 0.717) is 18.4 Å². The molecule has 1 atom stereocenters. The van der Waals surface area contributed by atoms with Crippen molar-refractivity contribution in [2.45, 2.75) is 37.5 Å². The van der Waals surface area contributed by atoms with E-state index >= 15 is 0 Å². The maximum atomic E-state index is 12.5. The number of hydrogen-bond donors (Lipinski definition) is 2. The Balaban J connectivity index is 2.09. The molecule has 23 heavy (non-hydrogen) atoms. The summed E-state index contributed by atoms with van der Waals surface area (Å²) < 4.78 is 5.08. The first-order valence-electron chi connectivity index (χ1n) is 7.15. The number of ketones is 1. The van der Waals surface area contributed by atoms with E-state index in [2.05, 4.69) is 11.4 Å². The van der Waals surface area contributed by atoms with Crippen LogP contribution in [-0.2, 0) is 14.3 Å². The molecule has 1 fully saturated rings. The smallest absolute Gasteiger partial charge is 0.308 e. The molecular formula is C16H16N2O5. The van der Waals surface area contributed by atoms with Gasteiger partial charge in [0.25, 0.3) is 0 Å². The van der Waals surface area contributed by atoms with Gasteiger partial charge >= 0.3 is 11.9 Å². The third-order valence-electron chi connectivity index (χ3n) is 3.46. The van der Waals surface area contributed by atoms with Crippen LogP contribution >= 0.6 is 0 Å². The molecule has 0 radical (unpaired) electrons. The van der Waals surface area contributed by atoms with Crippen LogP contribution in [0.5, 0.6) is 0 Å². The van der Waals surface area contributed by atoms with E-state index < -0.39 is 29.5 Å². The van der Waals surface area contributed by atoms with Gasteiger partial charge in [0.2, 0.25) is 12.0 Å². The van der Waals surface area contributed by atoms with E-state index in [0.717, 1.165) is 0 Å². The highest BCUT2D eigenvalue weighted by atomic mass is 16.6. The molecule has 1 unspecified atom stereocenters. The summed E-state index contributed by atoms with van der Waals surface area (Å²) >= 11 is 0. The summed E-state index contributed by atoms with van der Waals surface area (Å²) in [5.41, 5.74) is -0.521. The van der Waals surface area contributed by atoms with Crippen LogP contribution in [0.25, 0.3) is 0 Å². The molecule has 7 nitrogen and oxygen atoms in total. The molecular weight excluding hydrogens is 300 g/mol. The zero-order valence-corrected chi connectivity index (χ0v) is 12.3. The van der Waals surface area contributed by atoms with Crippen LogP contribution in [0.1, 0.15) is 36.0 Å². The fourth-order valence-electron chi connectivity index (χ4n) is 1.97. The number of nitriles is 1. The van der Waals surface area contributed by atoms with Gasteiger partial charge in [0, 0.05) is 5.56 Å². The molecule has 0 bridgehead atoms. The summed E-state index contributed by atoms with van der Waals surface area (Å²) in [5.74, 6) is -2.41. The van der Waals surface area contributed by atoms with Gasteiger partial charge in [0.05, 0.1) is 18.9 Å². The number of Topliss-reactive ketones (excluding diaryl/α,β-unsaturated/α-hetero) is 1. The number of carbonyl (C=O) groups is 3. The van der Waals surface area contributed by atoms with Crippen LogP contribution in [0, 0.1) is 11.3 Å². The Morgan fingerprint density at radius 2 is 1.91 bits per heavy atom. The average Bonchev–Trinajstić information content (AvgIpc) is 3.32. The van der Waals surface area contributed by atoms with E-state index in [1.807, 2.05) is 0 Å². The molecule has 0 saturated heterocycles. The standard InChI is InChI=1S/C16H16N2O5/c17-10-16(8-9-16)18-15(23-13(21)7-6-12(19)20)14(22)11-4-2-1-3-5-11/h1-5,15,18H,6-9H2,(H,19,20). The van der Waals surface area contributed by atoms with Crippen molar-refractivity contribution in [2.24, 2.45) is 0 Å². The molecule has 1 aliphatic rings. The molecule has 1 aromatic rings. The Morgan fingerprint density at radius 1 is 1.26 bits per heavy atom. The predicted octanol–water partition coefficient (Wildman–Crippen LogP) is 1.25. The minimum absolute atomic E-state index is 0.338. The van der Waals surface area contributed by atoms with Crippen molar-refractivity contribution in [2.75, 3.05) is 0 Å². The fourth-order valence-corrected chi connectivity index (χ4v) is 1.97. The second-order valence-corrected chi connectivity index (χ2v) is 5.33. The monoisotopic (exact) mass is 316 g/mol. The number of aliphatic carboxylic acids is 1. The number of carboxylic acids is 1. The summed E-state index contributed by atoms with van der Waals surface area (Å²) in [6, 6.07) is 10.3. The Labute approximate surface area is 132 Å². The Bertz CT molecular complexity index is 646. The SMILES string of the molecule is N#CC1(NC(OC(=O)CCC(=O)O)C(=O)c2ccccc2)CC1. The van der Waals surface area contributed by atoms with E-state index in [1.165, 1.54) is 0 Å². The van der Waals surface area contributed by atoms with Crippen LogP contribution in [-0.4, -0.2) is 34.6 Å². The normalized spacial score (nSPS) is 16.0. The largest absolute Gasteiger partial charge is 0.481 e. The Kier molecular flexibility index (Phi) is 5.09. The van der Waals surface area contributed by atoms with Gasteiger partial charge in [0.1, 0.15) is 5.54 Å². The van der Waals surface area contributed by atoms with Crippen molar-refractivity contribution in [3.05, 3.63) is 35.9 Å². The molecule has 0 aromatic heterocycles. The number of rotatable bonds is 8. The number of nitrogens with zero attached hydrogens (tertiary/aromatic N) is 1. The fraction of sp³-hybridized carbons (Fsp3) is 0.375. The van der Waals surface area contributed by atoms with E-state index in [4.69, 9.17) is 15.1 Å². The third kappa shape index (κ3) is 4.63. The highest BCUT2D eigenvalue weighted by Crippen LogP contribution is 2.35. The first-order valence-corrected chi connectivity index (χ1v) is 7.15. The molecule has 2 N–H and O–H groups in total. The third-order valence-corrected chi connectivity index (χ3v) is 3.46. The van der Waals surface area contributed by atoms with Gasteiger partial charge in [-0.1, -0.05) is 30.3 Å². The van der Waals surface area contributed by atoms with Gasteiger partial charge in [-0.15, -0.1) is 0 Å². The van der Waals surface area contributed by atoms with Crippen LogP contribution in [0.3, 0.4) is 0 Å². The number of ether oxygens (including phenoxy) is 1. The minimum Gasteiger partial charge on any atom is -0.481 e. The number of carboxylic acid groups (broad SMARTS) is 1. The van der Waals surface area contributed by atoms with Gasteiger partial charge < -0.3 is 9.84 Å². The van der Waals surface area contributed by atoms with Crippen molar-refractivity contribution < 1.29 is 24.2 Å². The molecule has 120 valence electrons. The number of carbonyl (C=O) groups excluding carboxylic acids is 2. The second kappa shape index (κ2) is 7.03. The van der Waals surface area contributed by atoms with Crippen molar-refractivity contribution in [1.82, 2.24) is 5.32 Å². The number of hydrogen-bond acceptors (Lipinski definition) is 6. The summed E-state index contributed by atoms with van der Waals surface area (Å²) in [6.45, 7) is 0. The van der Waals surface area contributed by atoms with E-state index in [1.54, 1.807) is 30.3 Å². The van der Waals surface area contributed by atoms with Crippen molar-refractivity contribution in [3.63, 3.8) is 0 Å². The van der Waals surface area contributed by atoms with Crippen molar-refractivity contribution >= 4 is 17.7 Å². The van der Waals surface area contributed by atoms with Crippen molar-refractivity contribution in [3.8, 4) is 6.07 Å². The van der Waals surface area contributed by atoms with Gasteiger partial charge in [-0.25, -0.2) is 0 Å². The lowest BCUT2D eigenvalue weighted by molar-refractivity contribution is -0.151. The maximum absolute atomic E-state index is 12.5. The lowest BCUT2D eigenvalue weighted by Crippen LogP contribution is -2.47. The first-order chi connectivity index (χ1) is 11.0. The highest BCUT2D eigenvalue weighted by Gasteiger charge is 2.46. The number of esters is 1. The van der Waals surface area contributed by atoms with E-state index in [9.17, 15) is 14.4 Å². The zero-order valence-electron chi connectivity index (χ0n) is 12.3. The lowest BCUT2D eigenvalue weighted by atomic mass is 10.1. The van der Waals surface area contributed by atoms with Gasteiger partial charge in [-0.3, -0.25) is 19.7 Å². The van der Waals surface area contributed by atoms with Gasteiger partial charge in [-0.05, 0) is 12.8 Å². The molecule has 2 rings (SSSR count). The van der Waals surface area contributed by atoms with Gasteiger partial charge in [0.15, 0.2) is 0 Å². The van der Waals surface area contributed by atoms with Crippen LogP contribution in [0.4, 0.5) is 0 Å². The van der Waals surface area contributed by atoms with E-state index in [-0.39, 0.29) is 12.8 Å². The second-order valence-electron chi connectivity index (χ2n) is 5.33. The topological polar surface area (TPSA) is 116 Å². The van der Waals surface area contributed by atoms with Crippen LogP contribution in [0.15, 0.2) is 30.3 Å². The average molecular weight is 316 g/mol. The Hall–Kier alpha value is -2.72. The molecule has 0 heterocycles. The number of benzene rings is 1. The molecule has 7 heteroatoms. The molecule has 1 aliphatic carbocycles. The molecule has 0 spiro atoms. The van der Waals surface area contributed by atoms with Gasteiger partial charge in [-0.2, -0.15) is 5.26 Å². The summed E-state index contributed by atoms with van der Waals surface area (Å²) in [7, 11) is 0. The minimum atomic E-state index is -1.30. The van der Waals surface area contributed by atoms with Crippen LogP contribution in [0.2, 0.25) is 0 Å². The Morgan fingerprint density at radius 3 is 2.43 bits per heavy atom. The first kappa shape index (κ1) is 16.6. The number of nitrogens with one attached hydrogen (secondary N) is 1. The predicted molar refractivity (Wildman–Crippen MR) is 78.2 cm³/mol. The highest BCUT2D eigenvalue weighted by molar-refractivity contribution is 6.00. The summed E-state index contributed by atoms with van der Waals surface area (Å²) in [5, 5.41) is 20.5.